The SMILES string of the molecule is CC(Nc1cccc(NC(=O)CO)c1)c1nc(-c2cccs2)no1. The van der Waals surface area contributed by atoms with Crippen LogP contribution in [0.4, 0.5) is 11.4 Å². The first-order valence-corrected chi connectivity index (χ1v) is 8.18. The second-order valence-electron chi connectivity index (χ2n) is 5.09. The molecule has 3 aromatic rings. The van der Waals surface area contributed by atoms with E-state index in [1.165, 1.54) is 0 Å². The van der Waals surface area contributed by atoms with Crippen molar-refractivity contribution < 1.29 is 14.4 Å². The van der Waals surface area contributed by atoms with Gasteiger partial charge in [0, 0.05) is 11.4 Å². The van der Waals surface area contributed by atoms with Crippen molar-refractivity contribution in [1.29, 1.82) is 0 Å². The minimum atomic E-state index is -0.554. The van der Waals surface area contributed by atoms with Gasteiger partial charge in [-0.05, 0) is 36.6 Å². The maximum atomic E-state index is 11.2. The van der Waals surface area contributed by atoms with Crippen LogP contribution in [0.5, 0.6) is 0 Å². The van der Waals surface area contributed by atoms with Crippen LogP contribution in [0.2, 0.25) is 0 Å². The van der Waals surface area contributed by atoms with Crippen LogP contribution in [0, 0.1) is 0 Å². The minimum Gasteiger partial charge on any atom is -0.387 e. The van der Waals surface area contributed by atoms with Crippen molar-refractivity contribution >= 4 is 28.6 Å². The molecule has 1 atom stereocenters. The molecule has 0 fully saturated rings. The highest BCUT2D eigenvalue weighted by Crippen LogP contribution is 2.25. The topological polar surface area (TPSA) is 100 Å². The summed E-state index contributed by atoms with van der Waals surface area (Å²) in [7, 11) is 0. The molecule has 24 heavy (non-hydrogen) atoms. The fraction of sp³-hybridized carbons (Fsp3) is 0.188. The van der Waals surface area contributed by atoms with E-state index in [-0.39, 0.29) is 6.04 Å². The molecule has 0 saturated carbocycles. The lowest BCUT2D eigenvalue weighted by Crippen LogP contribution is -2.15. The van der Waals surface area contributed by atoms with Gasteiger partial charge in [0.15, 0.2) is 0 Å². The monoisotopic (exact) mass is 344 g/mol. The summed E-state index contributed by atoms with van der Waals surface area (Å²) < 4.78 is 5.31. The smallest absolute Gasteiger partial charge is 0.250 e. The van der Waals surface area contributed by atoms with Gasteiger partial charge in [0.25, 0.3) is 0 Å². The van der Waals surface area contributed by atoms with Crippen LogP contribution in [0.25, 0.3) is 10.7 Å². The van der Waals surface area contributed by atoms with E-state index in [4.69, 9.17) is 9.63 Å². The molecule has 0 aliphatic carbocycles. The van der Waals surface area contributed by atoms with Crippen LogP contribution >= 0.6 is 11.3 Å². The number of aliphatic hydroxyl groups excluding tert-OH is 1. The molecule has 0 bridgehead atoms. The second kappa shape index (κ2) is 7.24. The van der Waals surface area contributed by atoms with Crippen LogP contribution in [0.1, 0.15) is 18.9 Å². The normalized spacial score (nSPS) is 11.9. The van der Waals surface area contributed by atoms with E-state index < -0.39 is 12.5 Å². The number of nitrogens with one attached hydrogen (secondary N) is 2. The van der Waals surface area contributed by atoms with Gasteiger partial charge in [-0.1, -0.05) is 17.3 Å². The van der Waals surface area contributed by atoms with E-state index in [1.807, 2.05) is 30.5 Å². The number of hydrogen-bond acceptors (Lipinski definition) is 7. The zero-order chi connectivity index (χ0) is 16.9. The number of amides is 1. The summed E-state index contributed by atoms with van der Waals surface area (Å²) in [6.07, 6.45) is 0. The molecule has 0 aliphatic heterocycles. The van der Waals surface area contributed by atoms with Crippen LogP contribution in [-0.2, 0) is 4.79 Å². The molecule has 3 N–H and O–H groups in total. The maximum Gasteiger partial charge on any atom is 0.250 e. The summed E-state index contributed by atoms with van der Waals surface area (Å²) >= 11 is 1.55. The number of aliphatic hydroxyl groups is 1. The average Bonchev–Trinajstić information content (AvgIpc) is 3.26. The summed E-state index contributed by atoms with van der Waals surface area (Å²) in [4.78, 5) is 16.6. The molecule has 7 nitrogen and oxygen atoms in total. The Bertz CT molecular complexity index is 816. The minimum absolute atomic E-state index is 0.199. The summed E-state index contributed by atoms with van der Waals surface area (Å²) in [5, 5.41) is 20.6. The lowest BCUT2D eigenvalue weighted by atomic mass is 10.2. The zero-order valence-electron chi connectivity index (χ0n) is 12.9. The first-order valence-electron chi connectivity index (χ1n) is 7.30. The number of rotatable bonds is 6. The molecule has 8 heteroatoms. The third kappa shape index (κ3) is 3.79. The van der Waals surface area contributed by atoms with E-state index in [1.54, 1.807) is 29.5 Å². The standard InChI is InChI=1S/C16H16N4O3S/c1-10(16-19-15(20-23-16)13-6-3-7-24-13)17-11-4-2-5-12(8-11)18-14(22)9-21/h2-8,10,17,21H,9H2,1H3,(H,18,22). The molecule has 2 heterocycles. The van der Waals surface area contributed by atoms with Crippen LogP contribution in [0.15, 0.2) is 46.3 Å². The number of carbonyl (C=O) groups is 1. The van der Waals surface area contributed by atoms with Crippen LogP contribution in [0.3, 0.4) is 0 Å². The summed E-state index contributed by atoms with van der Waals surface area (Å²) in [5.74, 6) is 0.582. The molecule has 0 spiro atoms. The van der Waals surface area contributed by atoms with E-state index in [0.29, 0.717) is 17.4 Å². The van der Waals surface area contributed by atoms with Crippen molar-refractivity contribution in [3.05, 3.63) is 47.7 Å². The molecule has 0 aliphatic rings. The zero-order valence-corrected chi connectivity index (χ0v) is 13.7. The Hall–Kier alpha value is -2.71. The maximum absolute atomic E-state index is 11.2. The predicted molar refractivity (Wildman–Crippen MR) is 91.8 cm³/mol. The quantitative estimate of drug-likeness (QED) is 0.636. The largest absolute Gasteiger partial charge is 0.387 e. The third-order valence-electron chi connectivity index (χ3n) is 3.23. The Morgan fingerprint density at radius 1 is 1.33 bits per heavy atom. The highest BCUT2D eigenvalue weighted by Gasteiger charge is 2.15. The lowest BCUT2D eigenvalue weighted by Gasteiger charge is -2.12. The lowest BCUT2D eigenvalue weighted by molar-refractivity contribution is -0.118. The first-order chi connectivity index (χ1) is 11.7. The van der Waals surface area contributed by atoms with Crippen molar-refractivity contribution in [1.82, 2.24) is 10.1 Å². The number of hydrogen-bond donors (Lipinski definition) is 3. The van der Waals surface area contributed by atoms with Crippen molar-refractivity contribution in [2.24, 2.45) is 0 Å². The van der Waals surface area contributed by atoms with E-state index in [2.05, 4.69) is 20.8 Å². The van der Waals surface area contributed by atoms with E-state index in [0.717, 1.165) is 10.6 Å². The first kappa shape index (κ1) is 16.2. The molecule has 1 unspecified atom stereocenters. The number of benzene rings is 1. The van der Waals surface area contributed by atoms with Crippen LogP contribution in [-0.4, -0.2) is 27.8 Å². The van der Waals surface area contributed by atoms with Gasteiger partial charge in [0.05, 0.1) is 4.88 Å². The molecule has 124 valence electrons. The summed E-state index contributed by atoms with van der Waals surface area (Å²) in [6, 6.07) is 10.8. The Kier molecular flexibility index (Phi) is 4.88. The Morgan fingerprint density at radius 2 is 2.17 bits per heavy atom. The van der Waals surface area contributed by atoms with Gasteiger partial charge < -0.3 is 20.3 Å². The molecular formula is C16H16N4O3S. The Labute approximate surface area is 142 Å². The fourth-order valence-corrected chi connectivity index (χ4v) is 2.77. The van der Waals surface area contributed by atoms with E-state index in [9.17, 15) is 4.79 Å². The average molecular weight is 344 g/mol. The highest BCUT2D eigenvalue weighted by molar-refractivity contribution is 7.13. The molecular weight excluding hydrogens is 328 g/mol. The molecule has 3 rings (SSSR count). The third-order valence-corrected chi connectivity index (χ3v) is 4.09. The number of thiophene rings is 1. The van der Waals surface area contributed by atoms with Gasteiger partial charge in [0.2, 0.25) is 17.6 Å². The second-order valence-corrected chi connectivity index (χ2v) is 6.03. The predicted octanol–water partition coefficient (Wildman–Crippen LogP) is 2.90. The van der Waals surface area contributed by atoms with Gasteiger partial charge in [-0.15, -0.1) is 11.3 Å². The Morgan fingerprint density at radius 3 is 2.92 bits per heavy atom. The van der Waals surface area contributed by atoms with Gasteiger partial charge in [-0.2, -0.15) is 4.98 Å². The van der Waals surface area contributed by atoms with E-state index >= 15 is 0 Å². The van der Waals surface area contributed by atoms with Crippen molar-refractivity contribution in [3.63, 3.8) is 0 Å². The van der Waals surface area contributed by atoms with Crippen molar-refractivity contribution in [2.45, 2.75) is 13.0 Å². The Balaban J connectivity index is 1.69. The van der Waals surface area contributed by atoms with Gasteiger partial charge >= 0.3 is 0 Å². The number of carbonyl (C=O) groups excluding carboxylic acids is 1. The molecule has 0 saturated heterocycles. The molecule has 1 amide bonds. The molecule has 1 aromatic carbocycles. The molecule has 0 radical (unpaired) electrons. The fourth-order valence-electron chi connectivity index (χ4n) is 2.12. The van der Waals surface area contributed by atoms with Crippen LogP contribution < -0.4 is 10.6 Å². The van der Waals surface area contributed by atoms with Crippen molar-refractivity contribution in [2.75, 3.05) is 17.2 Å². The van der Waals surface area contributed by atoms with Gasteiger partial charge in [-0.3, -0.25) is 4.79 Å². The van der Waals surface area contributed by atoms with Crippen molar-refractivity contribution in [3.8, 4) is 10.7 Å². The molecule has 2 aromatic heterocycles. The number of nitrogens with zero attached hydrogens (tertiary/aromatic N) is 2. The van der Waals surface area contributed by atoms with Gasteiger partial charge in [0.1, 0.15) is 12.6 Å². The number of anilines is 2. The van der Waals surface area contributed by atoms with Gasteiger partial charge in [-0.25, -0.2) is 0 Å². The number of aromatic nitrogens is 2. The summed E-state index contributed by atoms with van der Waals surface area (Å²) in [6.45, 7) is 1.35. The summed E-state index contributed by atoms with van der Waals surface area (Å²) in [5.41, 5.74) is 1.38. The highest BCUT2D eigenvalue weighted by atomic mass is 32.1.